The molecule has 1 unspecified atom stereocenters. The van der Waals surface area contributed by atoms with Crippen molar-refractivity contribution in [2.24, 2.45) is 0 Å². The molecule has 1 aromatic carbocycles. The average Bonchev–Trinajstić information content (AvgIpc) is 2.59. The lowest BCUT2D eigenvalue weighted by Gasteiger charge is -2.36. The van der Waals surface area contributed by atoms with Gasteiger partial charge in [0.2, 0.25) is 0 Å². The topological polar surface area (TPSA) is 0 Å². The fraction of sp³-hybridized carbons (Fsp3) is 0.647. The molecule has 0 spiro atoms. The van der Waals surface area contributed by atoms with E-state index in [9.17, 15) is 52.7 Å². The van der Waals surface area contributed by atoms with E-state index in [-0.39, 0.29) is 13.1 Å². The molecule has 0 saturated carbocycles. The number of hydrogen-bond donors (Lipinski definition) is 0. The lowest BCUT2D eigenvalue weighted by Crippen LogP contribution is -2.54. The summed E-state index contributed by atoms with van der Waals surface area (Å²) in [6.07, 6.45) is -7.11. The highest BCUT2D eigenvalue weighted by atomic mass is 31.1. The van der Waals surface area contributed by atoms with Crippen molar-refractivity contribution in [2.45, 2.75) is 62.7 Å². The lowest BCUT2D eigenvalue weighted by molar-refractivity contribution is -0.280. The second kappa shape index (κ2) is 9.12. The van der Waals surface area contributed by atoms with E-state index in [4.69, 9.17) is 0 Å². The first-order valence-corrected chi connectivity index (χ1v) is 10.3. The van der Waals surface area contributed by atoms with Crippen molar-refractivity contribution in [1.82, 2.24) is 0 Å². The fourth-order valence-corrected chi connectivity index (χ4v) is 4.20. The number of halogens is 12. The van der Waals surface area contributed by atoms with Gasteiger partial charge in [-0.25, -0.2) is 13.2 Å². The first-order valence-electron chi connectivity index (χ1n) is 8.55. The molecule has 1 aromatic rings. The van der Waals surface area contributed by atoms with E-state index in [0.717, 1.165) is 0 Å². The number of rotatable bonds is 9. The molecule has 0 aliphatic rings. The Hall–Kier alpha value is -1.19. The highest BCUT2D eigenvalue weighted by molar-refractivity contribution is 7.66. The molecule has 0 nitrogen and oxygen atoms in total. The van der Waals surface area contributed by atoms with Crippen molar-refractivity contribution in [2.75, 3.05) is 6.66 Å². The summed E-state index contributed by atoms with van der Waals surface area (Å²) >= 11 is 0. The maximum absolute atomic E-state index is 14.3. The van der Waals surface area contributed by atoms with Gasteiger partial charge in [-0.05, 0) is 19.2 Å². The van der Waals surface area contributed by atoms with Gasteiger partial charge in [0.15, 0.2) is 11.6 Å². The SMILES string of the molecule is CCCCCCC(F)(F)C(F)(F)C(F)(F)P(C)c1cc(F)c(F)c(C(F)(F)F)c1F. The van der Waals surface area contributed by atoms with Gasteiger partial charge in [0.25, 0.3) is 0 Å². The van der Waals surface area contributed by atoms with E-state index in [1.54, 1.807) is 6.92 Å². The van der Waals surface area contributed by atoms with Crippen LogP contribution in [0.1, 0.15) is 44.6 Å². The predicted octanol–water partition coefficient (Wildman–Crippen LogP) is 7.69. The molecule has 0 bridgehead atoms. The molecular formula is C17H17F12P. The van der Waals surface area contributed by atoms with Crippen LogP contribution < -0.4 is 5.30 Å². The summed E-state index contributed by atoms with van der Waals surface area (Å²) in [6, 6.07) is -0.449. The molecule has 1 atom stereocenters. The third-order valence-corrected chi connectivity index (χ3v) is 6.56. The molecule has 0 amide bonds. The first-order chi connectivity index (χ1) is 13.4. The Morgan fingerprint density at radius 3 is 1.80 bits per heavy atom. The standard InChI is InChI=1S/C17H17F12P/c1-3-4-5-6-7-14(21,22)16(26,27)17(28,29)30(2)10-8-9(18)12(19)11(13(10)20)15(23,24)25/h8H,3-7H2,1-2H3. The van der Waals surface area contributed by atoms with Gasteiger partial charge < -0.3 is 0 Å². The van der Waals surface area contributed by atoms with Crippen LogP contribution >= 0.6 is 7.92 Å². The summed E-state index contributed by atoms with van der Waals surface area (Å²) in [7, 11) is -4.15. The lowest BCUT2D eigenvalue weighted by atomic mass is 10.0. The molecule has 0 aromatic heterocycles. The van der Waals surface area contributed by atoms with Crippen LogP contribution in [-0.4, -0.2) is 24.2 Å². The van der Waals surface area contributed by atoms with Gasteiger partial charge in [0, 0.05) is 19.6 Å². The van der Waals surface area contributed by atoms with Crippen LogP contribution in [0.2, 0.25) is 0 Å². The van der Waals surface area contributed by atoms with Gasteiger partial charge in [-0.1, -0.05) is 26.2 Å². The zero-order valence-electron chi connectivity index (χ0n) is 15.6. The quantitative estimate of drug-likeness (QED) is 0.147. The van der Waals surface area contributed by atoms with Crippen molar-refractivity contribution < 1.29 is 52.7 Å². The van der Waals surface area contributed by atoms with E-state index < -0.39 is 78.8 Å². The molecule has 0 heterocycles. The second-order valence-electron chi connectivity index (χ2n) is 6.57. The van der Waals surface area contributed by atoms with E-state index in [1.165, 1.54) is 0 Å². The van der Waals surface area contributed by atoms with Gasteiger partial charge in [0.05, 0.1) is 0 Å². The Kier molecular flexibility index (Phi) is 8.16. The Morgan fingerprint density at radius 2 is 1.33 bits per heavy atom. The molecule has 174 valence electrons. The Morgan fingerprint density at radius 1 is 0.800 bits per heavy atom. The predicted molar refractivity (Wildman–Crippen MR) is 87.4 cm³/mol. The van der Waals surface area contributed by atoms with Gasteiger partial charge in [0.1, 0.15) is 11.4 Å². The van der Waals surface area contributed by atoms with Crippen molar-refractivity contribution in [3.8, 4) is 0 Å². The highest BCUT2D eigenvalue weighted by Gasteiger charge is 2.73. The molecule has 0 aliphatic heterocycles. The summed E-state index contributed by atoms with van der Waals surface area (Å²) in [5.74, 6) is -19.3. The fourth-order valence-electron chi connectivity index (χ4n) is 2.60. The van der Waals surface area contributed by atoms with E-state index in [0.29, 0.717) is 12.8 Å². The number of benzene rings is 1. The summed E-state index contributed by atoms with van der Waals surface area (Å²) < 4.78 is 164. The van der Waals surface area contributed by atoms with Crippen LogP contribution in [0.4, 0.5) is 52.7 Å². The molecule has 0 radical (unpaired) electrons. The Balaban J connectivity index is 3.41. The minimum Gasteiger partial charge on any atom is -0.206 e. The van der Waals surface area contributed by atoms with Crippen molar-refractivity contribution >= 4 is 13.2 Å². The average molecular weight is 480 g/mol. The van der Waals surface area contributed by atoms with E-state index in [1.807, 2.05) is 0 Å². The van der Waals surface area contributed by atoms with Gasteiger partial charge in [-0.15, -0.1) is 0 Å². The van der Waals surface area contributed by atoms with Crippen molar-refractivity contribution in [3.63, 3.8) is 0 Å². The summed E-state index contributed by atoms with van der Waals surface area (Å²) in [6.45, 7) is 1.77. The van der Waals surface area contributed by atoms with Crippen molar-refractivity contribution in [1.29, 1.82) is 0 Å². The van der Waals surface area contributed by atoms with Crippen molar-refractivity contribution in [3.05, 3.63) is 29.1 Å². The van der Waals surface area contributed by atoms with Crippen LogP contribution in [0, 0.1) is 17.5 Å². The smallest absolute Gasteiger partial charge is 0.206 e. The van der Waals surface area contributed by atoms with Crippen LogP contribution in [0.25, 0.3) is 0 Å². The van der Waals surface area contributed by atoms with Gasteiger partial charge in [-0.3, -0.25) is 0 Å². The number of unbranched alkanes of at least 4 members (excludes halogenated alkanes) is 3. The normalized spacial score (nSPS) is 14.9. The molecule has 13 heteroatoms. The Bertz CT molecular complexity index is 741. The van der Waals surface area contributed by atoms with Crippen LogP contribution in [0.3, 0.4) is 0 Å². The zero-order chi connectivity index (χ0) is 23.7. The van der Waals surface area contributed by atoms with Crippen LogP contribution in [-0.2, 0) is 6.18 Å². The molecule has 0 saturated heterocycles. The largest absolute Gasteiger partial charge is 0.422 e. The Labute approximate surface area is 165 Å². The van der Waals surface area contributed by atoms with Crippen LogP contribution in [0.5, 0.6) is 0 Å². The molecule has 0 aliphatic carbocycles. The third-order valence-electron chi connectivity index (χ3n) is 4.38. The molecule has 30 heavy (non-hydrogen) atoms. The minimum atomic E-state index is -6.08. The zero-order valence-corrected chi connectivity index (χ0v) is 16.5. The van der Waals surface area contributed by atoms with Gasteiger partial charge in [-0.2, -0.15) is 39.5 Å². The van der Waals surface area contributed by atoms with Gasteiger partial charge >= 0.3 is 23.7 Å². The molecular weight excluding hydrogens is 463 g/mol. The maximum Gasteiger partial charge on any atom is 0.422 e. The molecule has 0 fully saturated rings. The maximum atomic E-state index is 14.3. The second-order valence-corrected chi connectivity index (χ2v) is 8.73. The first kappa shape index (κ1) is 26.8. The highest BCUT2D eigenvalue weighted by Crippen LogP contribution is 2.62. The minimum absolute atomic E-state index is 0.0430. The van der Waals surface area contributed by atoms with E-state index in [2.05, 4.69) is 0 Å². The summed E-state index contributed by atoms with van der Waals surface area (Å²) in [5, 5.41) is -1.94. The molecule has 1 rings (SSSR count). The van der Waals surface area contributed by atoms with E-state index >= 15 is 0 Å². The number of alkyl halides is 9. The summed E-state index contributed by atoms with van der Waals surface area (Å²) in [4.78, 5) is 0. The number of hydrogen-bond acceptors (Lipinski definition) is 0. The third kappa shape index (κ3) is 4.99. The summed E-state index contributed by atoms with van der Waals surface area (Å²) in [5.41, 5.74) is -8.64. The monoisotopic (exact) mass is 480 g/mol. The molecule has 0 N–H and O–H groups in total. The van der Waals surface area contributed by atoms with Crippen LogP contribution in [0.15, 0.2) is 6.07 Å².